The highest BCUT2D eigenvalue weighted by Gasteiger charge is 2.27. The summed E-state index contributed by atoms with van der Waals surface area (Å²) < 4.78 is 0. The number of hydrogen-bond donors (Lipinski definition) is 2. The summed E-state index contributed by atoms with van der Waals surface area (Å²) in [5, 5.41) is 1.21. The van der Waals surface area contributed by atoms with Crippen LogP contribution in [-0.4, -0.2) is 35.4 Å². The number of nitrogens with two attached hydrogens (primary N) is 1. The lowest BCUT2D eigenvalue weighted by molar-refractivity contribution is 0.0999. The highest BCUT2D eigenvalue weighted by molar-refractivity contribution is 6.01. The molecule has 1 atom stereocenters. The van der Waals surface area contributed by atoms with Crippen LogP contribution in [0, 0.1) is 0 Å². The maximum atomic E-state index is 11.6. The van der Waals surface area contributed by atoms with E-state index in [0.717, 1.165) is 30.5 Å². The van der Waals surface area contributed by atoms with E-state index in [1.807, 2.05) is 12.1 Å². The molecule has 100 valence electrons. The van der Waals surface area contributed by atoms with Crippen molar-refractivity contribution in [2.75, 3.05) is 13.6 Å². The van der Waals surface area contributed by atoms with Crippen molar-refractivity contribution < 1.29 is 4.79 Å². The Hall–Kier alpha value is -1.81. The predicted octanol–water partition coefficient (Wildman–Crippen LogP) is 1.69. The van der Waals surface area contributed by atoms with E-state index in [9.17, 15) is 4.79 Å². The van der Waals surface area contributed by atoms with Crippen LogP contribution in [0.1, 0.15) is 28.4 Å². The van der Waals surface area contributed by atoms with Crippen LogP contribution >= 0.6 is 0 Å². The van der Waals surface area contributed by atoms with Gasteiger partial charge in [-0.1, -0.05) is 6.92 Å². The molecule has 1 aliphatic carbocycles. The van der Waals surface area contributed by atoms with Crippen LogP contribution in [0.2, 0.25) is 0 Å². The van der Waals surface area contributed by atoms with Gasteiger partial charge in [0.25, 0.3) is 0 Å². The van der Waals surface area contributed by atoms with Gasteiger partial charge < -0.3 is 15.6 Å². The minimum absolute atomic E-state index is 0.330. The standard InChI is InChI=1S/C15H19N3O/c1-3-18(2)10-6-9-8-17-13-5-4-11(15(16)19)12(7-10)14(9)13/h4-5,8,10,17H,3,6-7H2,1-2H3,(H2,16,19). The molecule has 1 heterocycles. The molecule has 19 heavy (non-hydrogen) atoms. The largest absolute Gasteiger partial charge is 0.366 e. The maximum absolute atomic E-state index is 11.6. The summed E-state index contributed by atoms with van der Waals surface area (Å²) >= 11 is 0. The monoisotopic (exact) mass is 257 g/mol. The highest BCUT2D eigenvalue weighted by Crippen LogP contribution is 2.33. The van der Waals surface area contributed by atoms with Crippen LogP contribution in [0.15, 0.2) is 18.3 Å². The Labute approximate surface area is 112 Å². The number of aromatic amines is 1. The number of nitrogens with one attached hydrogen (secondary N) is 1. The lowest BCUT2D eigenvalue weighted by Gasteiger charge is -2.31. The number of amides is 1. The minimum Gasteiger partial charge on any atom is -0.366 e. The Bertz CT molecular complexity index is 644. The molecular formula is C15H19N3O. The van der Waals surface area contributed by atoms with Gasteiger partial charge in [-0.15, -0.1) is 0 Å². The van der Waals surface area contributed by atoms with Gasteiger partial charge in [-0.3, -0.25) is 4.79 Å². The first kappa shape index (κ1) is 12.2. The number of nitrogens with zero attached hydrogens (tertiary/aromatic N) is 1. The number of rotatable bonds is 3. The van der Waals surface area contributed by atoms with Gasteiger partial charge in [0.1, 0.15) is 0 Å². The van der Waals surface area contributed by atoms with E-state index in [2.05, 4.69) is 30.1 Å². The van der Waals surface area contributed by atoms with Crippen LogP contribution in [0.3, 0.4) is 0 Å². The summed E-state index contributed by atoms with van der Waals surface area (Å²) in [5.74, 6) is -0.330. The van der Waals surface area contributed by atoms with E-state index in [1.54, 1.807) is 0 Å². The molecule has 0 bridgehead atoms. The quantitative estimate of drug-likeness (QED) is 0.879. The molecule has 1 unspecified atom stereocenters. The van der Waals surface area contributed by atoms with Gasteiger partial charge in [0.15, 0.2) is 0 Å². The van der Waals surface area contributed by atoms with Gasteiger partial charge >= 0.3 is 0 Å². The molecule has 0 spiro atoms. The average Bonchev–Trinajstić information content (AvgIpc) is 2.82. The molecule has 4 heteroatoms. The number of carbonyl (C=O) groups is 1. The van der Waals surface area contributed by atoms with Crippen molar-refractivity contribution in [2.24, 2.45) is 5.73 Å². The smallest absolute Gasteiger partial charge is 0.249 e. The molecule has 3 rings (SSSR count). The van der Waals surface area contributed by atoms with Crippen molar-refractivity contribution in [2.45, 2.75) is 25.8 Å². The summed E-state index contributed by atoms with van der Waals surface area (Å²) in [7, 11) is 2.13. The van der Waals surface area contributed by atoms with E-state index < -0.39 is 0 Å². The predicted molar refractivity (Wildman–Crippen MR) is 76.3 cm³/mol. The van der Waals surface area contributed by atoms with Crippen molar-refractivity contribution in [1.29, 1.82) is 0 Å². The van der Waals surface area contributed by atoms with Gasteiger partial charge in [0.2, 0.25) is 5.91 Å². The van der Waals surface area contributed by atoms with Crippen LogP contribution in [-0.2, 0) is 12.8 Å². The number of benzene rings is 1. The Morgan fingerprint density at radius 2 is 2.26 bits per heavy atom. The fourth-order valence-electron chi connectivity index (χ4n) is 3.11. The van der Waals surface area contributed by atoms with Crippen molar-refractivity contribution in [1.82, 2.24) is 9.88 Å². The molecule has 1 aliphatic rings. The zero-order valence-corrected chi connectivity index (χ0v) is 11.4. The zero-order valence-electron chi connectivity index (χ0n) is 11.4. The molecule has 1 aromatic heterocycles. The molecule has 1 aromatic carbocycles. The van der Waals surface area contributed by atoms with E-state index in [0.29, 0.717) is 11.6 Å². The number of likely N-dealkylation sites (N-methyl/N-ethyl adjacent to an activating group) is 1. The van der Waals surface area contributed by atoms with E-state index in [-0.39, 0.29) is 5.91 Å². The fourth-order valence-corrected chi connectivity index (χ4v) is 3.11. The fraction of sp³-hybridized carbons (Fsp3) is 0.400. The molecule has 3 N–H and O–H groups in total. The second kappa shape index (κ2) is 4.38. The van der Waals surface area contributed by atoms with Gasteiger partial charge in [-0.25, -0.2) is 0 Å². The Morgan fingerprint density at radius 3 is 2.95 bits per heavy atom. The second-order valence-electron chi connectivity index (χ2n) is 5.33. The first-order valence-electron chi connectivity index (χ1n) is 6.73. The van der Waals surface area contributed by atoms with Crippen molar-refractivity contribution in [3.05, 3.63) is 35.0 Å². The van der Waals surface area contributed by atoms with Gasteiger partial charge in [-0.2, -0.15) is 0 Å². The van der Waals surface area contributed by atoms with E-state index >= 15 is 0 Å². The Morgan fingerprint density at radius 1 is 1.47 bits per heavy atom. The van der Waals surface area contributed by atoms with Crippen LogP contribution in [0.5, 0.6) is 0 Å². The molecule has 4 nitrogen and oxygen atoms in total. The summed E-state index contributed by atoms with van der Waals surface area (Å²) in [4.78, 5) is 17.3. The SMILES string of the molecule is CCN(C)C1Cc2c[nH]c3ccc(C(N)=O)c(c23)C1. The summed E-state index contributed by atoms with van der Waals surface area (Å²) in [5.41, 5.74) is 9.69. The third-order valence-electron chi connectivity index (χ3n) is 4.32. The molecule has 0 saturated carbocycles. The average molecular weight is 257 g/mol. The van der Waals surface area contributed by atoms with Crippen LogP contribution < -0.4 is 5.73 Å². The number of primary amides is 1. The van der Waals surface area contributed by atoms with Crippen molar-refractivity contribution >= 4 is 16.8 Å². The van der Waals surface area contributed by atoms with Gasteiger partial charge in [-0.05, 0) is 49.7 Å². The lowest BCUT2D eigenvalue weighted by Crippen LogP contribution is -2.37. The maximum Gasteiger partial charge on any atom is 0.249 e. The molecule has 1 amide bonds. The first-order chi connectivity index (χ1) is 9.11. The number of aromatic nitrogens is 1. The molecule has 2 aromatic rings. The normalized spacial score (nSPS) is 18.2. The van der Waals surface area contributed by atoms with Crippen molar-refractivity contribution in [3.8, 4) is 0 Å². The number of H-pyrrole nitrogens is 1. The molecular weight excluding hydrogens is 238 g/mol. The lowest BCUT2D eigenvalue weighted by atomic mass is 9.85. The zero-order chi connectivity index (χ0) is 13.6. The summed E-state index contributed by atoms with van der Waals surface area (Å²) in [6.45, 7) is 3.16. The molecule has 0 saturated heterocycles. The molecule has 0 aliphatic heterocycles. The molecule has 0 radical (unpaired) electrons. The minimum atomic E-state index is -0.330. The summed E-state index contributed by atoms with van der Waals surface area (Å²) in [6, 6.07) is 4.23. The Kier molecular flexibility index (Phi) is 2.82. The van der Waals surface area contributed by atoms with E-state index in [1.165, 1.54) is 10.9 Å². The van der Waals surface area contributed by atoms with Gasteiger partial charge in [0, 0.05) is 28.7 Å². The molecule has 0 fully saturated rings. The van der Waals surface area contributed by atoms with E-state index in [4.69, 9.17) is 5.73 Å². The van der Waals surface area contributed by atoms with Crippen molar-refractivity contribution in [3.63, 3.8) is 0 Å². The summed E-state index contributed by atoms with van der Waals surface area (Å²) in [6.07, 6.45) is 3.99. The second-order valence-corrected chi connectivity index (χ2v) is 5.33. The number of carbonyl (C=O) groups excluding carboxylic acids is 1. The van der Waals surface area contributed by atoms with Crippen LogP contribution in [0.25, 0.3) is 10.9 Å². The van der Waals surface area contributed by atoms with Crippen LogP contribution in [0.4, 0.5) is 0 Å². The first-order valence-corrected chi connectivity index (χ1v) is 6.73. The third kappa shape index (κ3) is 1.83. The van der Waals surface area contributed by atoms with Gasteiger partial charge in [0.05, 0.1) is 0 Å². The number of hydrogen-bond acceptors (Lipinski definition) is 2. The Balaban J connectivity index is 2.16. The topological polar surface area (TPSA) is 62.1 Å². The third-order valence-corrected chi connectivity index (χ3v) is 4.32. The highest BCUT2D eigenvalue weighted by atomic mass is 16.1.